The molecule has 2 nitrogen and oxygen atoms in total. The highest BCUT2D eigenvalue weighted by Gasteiger charge is 2.35. The lowest BCUT2D eigenvalue weighted by Gasteiger charge is -2.32. The first-order valence-corrected chi connectivity index (χ1v) is 4.13. The summed E-state index contributed by atoms with van der Waals surface area (Å²) in [6.45, 7) is 3.57. The molecule has 2 heteroatoms. The highest BCUT2D eigenvalue weighted by Crippen LogP contribution is 2.37. The Bertz CT molecular complexity index is 120. The van der Waals surface area contributed by atoms with E-state index in [2.05, 4.69) is 17.3 Å². The number of likely N-dealkylation sites (N-methyl/N-ethyl adjacent to an activating group) is 1. The molecule has 1 aliphatic carbocycles. The third-order valence-corrected chi connectivity index (χ3v) is 2.52. The number of nitrogens with one attached hydrogen (secondary N) is 1. The normalized spacial score (nSPS) is 36.3. The van der Waals surface area contributed by atoms with Crippen molar-refractivity contribution in [2.45, 2.75) is 18.9 Å². The second-order valence-corrected chi connectivity index (χ2v) is 3.36. The molecule has 0 aromatic rings. The van der Waals surface area contributed by atoms with Gasteiger partial charge in [0.05, 0.1) is 0 Å². The number of hydrogen-bond acceptors (Lipinski definition) is 2. The molecule has 57 valence electrons. The highest BCUT2D eigenvalue weighted by molar-refractivity contribution is 5.15. The lowest BCUT2D eigenvalue weighted by Crippen LogP contribution is -2.49. The van der Waals surface area contributed by atoms with Gasteiger partial charge in [-0.2, -0.15) is 0 Å². The fourth-order valence-corrected chi connectivity index (χ4v) is 1.67. The standard InChI is InChI=1S/C8H15N2/c1-10-5-4-9-6-8(10)7-2-3-7/h8-9H,2-6H2,1H3. The predicted molar refractivity (Wildman–Crippen MR) is 41.8 cm³/mol. The van der Waals surface area contributed by atoms with Crippen LogP contribution in [-0.2, 0) is 0 Å². The largest absolute Gasteiger partial charge is 0.314 e. The summed E-state index contributed by atoms with van der Waals surface area (Å²) < 4.78 is 0. The summed E-state index contributed by atoms with van der Waals surface area (Å²) in [5.41, 5.74) is 0. The summed E-state index contributed by atoms with van der Waals surface area (Å²) in [4.78, 5) is 2.47. The molecule has 2 fully saturated rings. The Morgan fingerprint density at radius 3 is 2.90 bits per heavy atom. The molecule has 1 heterocycles. The van der Waals surface area contributed by atoms with Crippen LogP contribution in [0.3, 0.4) is 0 Å². The molecule has 10 heavy (non-hydrogen) atoms. The van der Waals surface area contributed by atoms with Crippen molar-refractivity contribution in [2.24, 2.45) is 0 Å². The fraction of sp³-hybridized carbons (Fsp3) is 0.875. The molecule has 1 saturated heterocycles. The van der Waals surface area contributed by atoms with Crippen LogP contribution >= 0.6 is 0 Å². The van der Waals surface area contributed by atoms with Gasteiger partial charge in [-0.15, -0.1) is 0 Å². The van der Waals surface area contributed by atoms with Crippen LogP contribution in [-0.4, -0.2) is 37.6 Å². The Balaban J connectivity index is 1.90. The predicted octanol–water partition coefficient (Wildman–Crippen LogP) is 0.258. The first kappa shape index (κ1) is 6.62. The van der Waals surface area contributed by atoms with Gasteiger partial charge >= 0.3 is 0 Å². The van der Waals surface area contributed by atoms with Crippen LogP contribution in [0, 0.1) is 5.92 Å². The van der Waals surface area contributed by atoms with E-state index in [0.717, 1.165) is 6.04 Å². The lowest BCUT2D eigenvalue weighted by atomic mass is 10.1. The molecular formula is C8H15N2. The molecular weight excluding hydrogens is 124 g/mol. The van der Waals surface area contributed by atoms with Crippen molar-refractivity contribution in [1.29, 1.82) is 0 Å². The Labute approximate surface area is 62.6 Å². The minimum atomic E-state index is 0.772. The Kier molecular flexibility index (Phi) is 1.66. The number of nitrogens with zero attached hydrogens (tertiary/aromatic N) is 1. The quantitative estimate of drug-likeness (QED) is 0.560. The van der Waals surface area contributed by atoms with E-state index in [4.69, 9.17) is 0 Å². The van der Waals surface area contributed by atoms with E-state index < -0.39 is 0 Å². The lowest BCUT2D eigenvalue weighted by molar-refractivity contribution is 0.219. The van der Waals surface area contributed by atoms with E-state index in [1.54, 1.807) is 5.92 Å². The molecule has 1 radical (unpaired) electrons. The van der Waals surface area contributed by atoms with Gasteiger partial charge in [-0.1, -0.05) is 0 Å². The van der Waals surface area contributed by atoms with Gasteiger partial charge in [-0.25, -0.2) is 0 Å². The first-order valence-electron chi connectivity index (χ1n) is 4.13. The van der Waals surface area contributed by atoms with E-state index in [0.29, 0.717) is 0 Å². The van der Waals surface area contributed by atoms with Gasteiger partial charge in [0.25, 0.3) is 0 Å². The van der Waals surface area contributed by atoms with Crippen molar-refractivity contribution in [3.05, 3.63) is 5.92 Å². The molecule has 2 aliphatic rings. The third kappa shape index (κ3) is 1.18. The van der Waals surface area contributed by atoms with Crippen LogP contribution in [0.25, 0.3) is 0 Å². The number of rotatable bonds is 1. The SMILES string of the molecule is CN1CCNCC1[C]1CC1. The highest BCUT2D eigenvalue weighted by atomic mass is 15.2. The average Bonchev–Trinajstić information content (AvgIpc) is 2.71. The fourth-order valence-electron chi connectivity index (χ4n) is 1.67. The number of hydrogen-bond donors (Lipinski definition) is 1. The van der Waals surface area contributed by atoms with Crippen molar-refractivity contribution >= 4 is 0 Å². The van der Waals surface area contributed by atoms with Gasteiger partial charge < -0.3 is 10.2 Å². The van der Waals surface area contributed by atoms with Crippen LogP contribution in [0.15, 0.2) is 0 Å². The maximum Gasteiger partial charge on any atom is 0.0280 e. The molecule has 2 rings (SSSR count). The van der Waals surface area contributed by atoms with Gasteiger partial charge in [0, 0.05) is 25.7 Å². The summed E-state index contributed by atoms with van der Waals surface area (Å²) >= 11 is 0. The second kappa shape index (κ2) is 2.51. The molecule has 0 spiro atoms. The third-order valence-electron chi connectivity index (χ3n) is 2.52. The van der Waals surface area contributed by atoms with Gasteiger partial charge in [-0.05, 0) is 25.8 Å². The zero-order valence-electron chi connectivity index (χ0n) is 6.56. The Morgan fingerprint density at radius 2 is 2.30 bits per heavy atom. The smallest absolute Gasteiger partial charge is 0.0280 e. The first-order chi connectivity index (χ1) is 4.88. The number of piperazine rings is 1. The van der Waals surface area contributed by atoms with E-state index in [1.165, 1.54) is 32.5 Å². The zero-order valence-corrected chi connectivity index (χ0v) is 6.56. The Hall–Kier alpha value is -0.0800. The Morgan fingerprint density at radius 1 is 1.50 bits per heavy atom. The van der Waals surface area contributed by atoms with Crippen LogP contribution in [0.1, 0.15) is 12.8 Å². The summed E-state index contributed by atoms with van der Waals surface area (Å²) in [5.74, 6) is 1.76. The molecule has 0 aromatic carbocycles. The van der Waals surface area contributed by atoms with Crippen molar-refractivity contribution < 1.29 is 0 Å². The molecule has 1 N–H and O–H groups in total. The maximum atomic E-state index is 3.42. The van der Waals surface area contributed by atoms with Crippen LogP contribution < -0.4 is 5.32 Å². The van der Waals surface area contributed by atoms with E-state index in [9.17, 15) is 0 Å². The van der Waals surface area contributed by atoms with E-state index in [-0.39, 0.29) is 0 Å². The molecule has 1 atom stereocenters. The average molecular weight is 139 g/mol. The van der Waals surface area contributed by atoms with E-state index >= 15 is 0 Å². The summed E-state index contributed by atoms with van der Waals surface area (Å²) in [7, 11) is 2.23. The minimum absolute atomic E-state index is 0.772. The minimum Gasteiger partial charge on any atom is -0.314 e. The molecule has 0 amide bonds. The zero-order chi connectivity index (χ0) is 6.97. The van der Waals surface area contributed by atoms with Gasteiger partial charge in [0.15, 0.2) is 0 Å². The van der Waals surface area contributed by atoms with Crippen LogP contribution in [0.5, 0.6) is 0 Å². The van der Waals surface area contributed by atoms with Crippen LogP contribution in [0.4, 0.5) is 0 Å². The van der Waals surface area contributed by atoms with E-state index in [1.807, 2.05) is 0 Å². The van der Waals surface area contributed by atoms with Crippen molar-refractivity contribution in [1.82, 2.24) is 10.2 Å². The summed E-state index contributed by atoms with van der Waals surface area (Å²) in [5, 5.41) is 3.42. The van der Waals surface area contributed by atoms with Crippen molar-refractivity contribution in [3.63, 3.8) is 0 Å². The summed E-state index contributed by atoms with van der Waals surface area (Å²) in [6, 6.07) is 0.772. The van der Waals surface area contributed by atoms with Crippen LogP contribution in [0.2, 0.25) is 0 Å². The van der Waals surface area contributed by atoms with Gasteiger partial charge in [-0.3, -0.25) is 0 Å². The van der Waals surface area contributed by atoms with Crippen molar-refractivity contribution in [2.75, 3.05) is 26.7 Å². The van der Waals surface area contributed by atoms with Gasteiger partial charge in [0.2, 0.25) is 0 Å². The maximum absolute atomic E-state index is 3.42. The van der Waals surface area contributed by atoms with Crippen molar-refractivity contribution in [3.8, 4) is 0 Å². The monoisotopic (exact) mass is 139 g/mol. The topological polar surface area (TPSA) is 15.3 Å². The molecule has 1 unspecified atom stereocenters. The molecule has 1 saturated carbocycles. The molecule has 1 aliphatic heterocycles. The molecule has 0 aromatic heterocycles. The summed E-state index contributed by atoms with van der Waals surface area (Å²) in [6.07, 6.45) is 2.77. The second-order valence-electron chi connectivity index (χ2n) is 3.36. The molecule has 0 bridgehead atoms. The van der Waals surface area contributed by atoms with Gasteiger partial charge in [0.1, 0.15) is 0 Å².